The Morgan fingerprint density at radius 2 is 2.27 bits per heavy atom. The second-order valence-electron chi connectivity index (χ2n) is 6.97. The molecule has 2 aliphatic rings. The quantitative estimate of drug-likeness (QED) is 0.830. The van der Waals surface area contributed by atoms with Crippen molar-refractivity contribution in [2.45, 2.75) is 58.1 Å². The Morgan fingerprint density at radius 1 is 1.35 bits per heavy atom. The predicted octanol–water partition coefficient (Wildman–Crippen LogP) is 1.02. The van der Waals surface area contributed by atoms with Gasteiger partial charge in [-0.2, -0.15) is 0 Å². The molecule has 0 aromatic carbocycles. The van der Waals surface area contributed by atoms with Gasteiger partial charge >= 0.3 is 0 Å². The molecule has 2 aromatic rings. The fourth-order valence-corrected chi connectivity index (χ4v) is 3.66. The molecule has 1 saturated heterocycles. The van der Waals surface area contributed by atoms with Crippen LogP contribution in [0.2, 0.25) is 0 Å². The summed E-state index contributed by atoms with van der Waals surface area (Å²) in [5.41, 5.74) is 3.89. The van der Waals surface area contributed by atoms with E-state index in [2.05, 4.69) is 25.6 Å². The molecule has 26 heavy (non-hydrogen) atoms. The number of amides is 1. The van der Waals surface area contributed by atoms with E-state index < -0.39 is 0 Å². The van der Waals surface area contributed by atoms with Gasteiger partial charge in [0.2, 0.25) is 0 Å². The molecule has 0 saturated carbocycles. The molecule has 0 bridgehead atoms. The van der Waals surface area contributed by atoms with Gasteiger partial charge in [-0.25, -0.2) is 14.6 Å². The van der Waals surface area contributed by atoms with Crippen LogP contribution in [0.15, 0.2) is 6.20 Å². The molecule has 0 radical (unpaired) electrons. The second kappa shape index (κ2) is 7.49. The number of hydrogen-bond acceptors (Lipinski definition) is 6. The maximum atomic E-state index is 12.2. The summed E-state index contributed by atoms with van der Waals surface area (Å²) in [5.74, 6) is 0.576. The van der Waals surface area contributed by atoms with Crippen molar-refractivity contribution in [2.75, 3.05) is 13.2 Å². The maximum Gasteiger partial charge on any atom is 0.273 e. The van der Waals surface area contributed by atoms with E-state index in [4.69, 9.17) is 4.74 Å². The zero-order valence-corrected chi connectivity index (χ0v) is 15.1. The van der Waals surface area contributed by atoms with Crippen LogP contribution in [0.25, 0.3) is 0 Å². The molecular formula is C18H24N6O2. The van der Waals surface area contributed by atoms with Gasteiger partial charge in [-0.1, -0.05) is 5.21 Å². The highest BCUT2D eigenvalue weighted by Gasteiger charge is 2.19. The molecule has 0 spiro atoms. The summed E-state index contributed by atoms with van der Waals surface area (Å²) in [6, 6.07) is 0. The fourth-order valence-electron chi connectivity index (χ4n) is 3.66. The second-order valence-corrected chi connectivity index (χ2v) is 6.97. The largest absolute Gasteiger partial charge is 0.376 e. The van der Waals surface area contributed by atoms with E-state index in [0.29, 0.717) is 25.2 Å². The number of rotatable bonds is 6. The summed E-state index contributed by atoms with van der Waals surface area (Å²) in [6.07, 6.45) is 7.85. The van der Waals surface area contributed by atoms with Crippen LogP contribution >= 0.6 is 0 Å². The van der Waals surface area contributed by atoms with Crippen LogP contribution in [0, 0.1) is 6.92 Å². The molecule has 1 fully saturated rings. The Hall–Kier alpha value is -2.35. The van der Waals surface area contributed by atoms with Crippen LogP contribution < -0.4 is 5.32 Å². The van der Waals surface area contributed by atoms with Gasteiger partial charge in [-0.3, -0.25) is 4.79 Å². The molecule has 1 aliphatic heterocycles. The first kappa shape index (κ1) is 17.1. The lowest BCUT2D eigenvalue weighted by Gasteiger charge is -2.08. The van der Waals surface area contributed by atoms with Gasteiger partial charge < -0.3 is 10.1 Å². The third-order valence-electron chi connectivity index (χ3n) is 5.01. The third-order valence-corrected chi connectivity index (χ3v) is 5.01. The molecule has 1 N–H and O–H groups in total. The summed E-state index contributed by atoms with van der Waals surface area (Å²) >= 11 is 0. The summed E-state index contributed by atoms with van der Waals surface area (Å²) in [5, 5.41) is 10.9. The van der Waals surface area contributed by atoms with Crippen LogP contribution in [-0.2, 0) is 30.5 Å². The highest BCUT2D eigenvalue weighted by atomic mass is 16.5. The summed E-state index contributed by atoms with van der Waals surface area (Å²) in [6.45, 7) is 3.97. The number of carbonyl (C=O) groups excluding carboxylic acids is 1. The smallest absolute Gasteiger partial charge is 0.273 e. The van der Waals surface area contributed by atoms with Crippen LogP contribution in [-0.4, -0.2) is 50.1 Å². The van der Waals surface area contributed by atoms with Gasteiger partial charge in [0.15, 0.2) is 5.69 Å². The molecule has 138 valence electrons. The zero-order valence-electron chi connectivity index (χ0n) is 15.1. The van der Waals surface area contributed by atoms with Gasteiger partial charge in [-0.15, -0.1) is 5.10 Å². The lowest BCUT2D eigenvalue weighted by Crippen LogP contribution is -2.26. The lowest BCUT2D eigenvalue weighted by molar-refractivity contribution is 0.0930. The average molecular weight is 356 g/mol. The molecule has 4 rings (SSSR count). The first-order chi connectivity index (χ1) is 12.7. The van der Waals surface area contributed by atoms with E-state index in [1.54, 1.807) is 10.9 Å². The fraction of sp³-hybridized carbons (Fsp3) is 0.611. The minimum Gasteiger partial charge on any atom is -0.376 e. The number of aryl methyl sites for hydroxylation is 2. The first-order valence-electron chi connectivity index (χ1n) is 9.34. The SMILES string of the molecule is Cc1nc(CCNC(=O)c2cn(CC3CCCO3)nn2)nc2c1CCC2. The van der Waals surface area contributed by atoms with Crippen molar-refractivity contribution >= 4 is 5.91 Å². The maximum absolute atomic E-state index is 12.2. The highest BCUT2D eigenvalue weighted by molar-refractivity contribution is 5.91. The Labute approximate surface area is 152 Å². The Bertz CT molecular complexity index is 797. The molecule has 3 heterocycles. The number of aromatic nitrogens is 5. The van der Waals surface area contributed by atoms with Crippen LogP contribution in [0.1, 0.15) is 52.5 Å². The van der Waals surface area contributed by atoms with Crippen molar-refractivity contribution in [3.8, 4) is 0 Å². The minimum absolute atomic E-state index is 0.174. The number of fused-ring (bicyclic) bond motifs is 1. The molecule has 1 atom stereocenters. The van der Waals surface area contributed by atoms with E-state index in [0.717, 1.165) is 50.2 Å². The molecule has 1 unspecified atom stereocenters. The number of hydrogen-bond donors (Lipinski definition) is 1. The third kappa shape index (κ3) is 3.75. The van der Waals surface area contributed by atoms with Crippen molar-refractivity contribution < 1.29 is 9.53 Å². The molecule has 8 nitrogen and oxygen atoms in total. The first-order valence-corrected chi connectivity index (χ1v) is 9.34. The Morgan fingerprint density at radius 3 is 3.12 bits per heavy atom. The molecule has 1 amide bonds. The summed E-state index contributed by atoms with van der Waals surface area (Å²) in [4.78, 5) is 21.4. The van der Waals surface area contributed by atoms with Gasteiger partial charge in [0.1, 0.15) is 5.82 Å². The van der Waals surface area contributed by atoms with E-state index in [1.807, 2.05) is 6.92 Å². The van der Waals surface area contributed by atoms with Crippen LogP contribution in [0.4, 0.5) is 0 Å². The zero-order chi connectivity index (χ0) is 17.9. The molecular weight excluding hydrogens is 332 g/mol. The molecule has 8 heteroatoms. The number of nitrogens with one attached hydrogen (secondary N) is 1. The van der Waals surface area contributed by atoms with Crippen molar-refractivity contribution in [3.05, 3.63) is 34.7 Å². The Kier molecular flexibility index (Phi) is 4.92. The van der Waals surface area contributed by atoms with E-state index in [9.17, 15) is 4.79 Å². The predicted molar refractivity (Wildman–Crippen MR) is 93.8 cm³/mol. The summed E-state index contributed by atoms with van der Waals surface area (Å²) in [7, 11) is 0. The van der Waals surface area contributed by atoms with Crippen LogP contribution in [0.3, 0.4) is 0 Å². The van der Waals surface area contributed by atoms with Crippen molar-refractivity contribution in [3.63, 3.8) is 0 Å². The average Bonchev–Trinajstić information content (AvgIpc) is 3.36. The molecule has 1 aliphatic carbocycles. The van der Waals surface area contributed by atoms with Crippen molar-refractivity contribution in [2.24, 2.45) is 0 Å². The lowest BCUT2D eigenvalue weighted by atomic mass is 10.2. The van der Waals surface area contributed by atoms with E-state index in [-0.39, 0.29) is 12.0 Å². The summed E-state index contributed by atoms with van der Waals surface area (Å²) < 4.78 is 7.26. The van der Waals surface area contributed by atoms with E-state index >= 15 is 0 Å². The van der Waals surface area contributed by atoms with Gasteiger partial charge in [0.05, 0.1) is 18.8 Å². The number of nitrogens with zero attached hydrogens (tertiary/aromatic N) is 5. The topological polar surface area (TPSA) is 94.8 Å². The molecule has 2 aromatic heterocycles. The van der Waals surface area contributed by atoms with Crippen LogP contribution in [0.5, 0.6) is 0 Å². The van der Waals surface area contributed by atoms with E-state index in [1.165, 1.54) is 11.3 Å². The monoisotopic (exact) mass is 356 g/mol. The number of carbonyl (C=O) groups is 1. The normalized spacial score (nSPS) is 18.9. The van der Waals surface area contributed by atoms with Crippen molar-refractivity contribution in [1.82, 2.24) is 30.3 Å². The minimum atomic E-state index is -0.221. The van der Waals surface area contributed by atoms with Crippen molar-refractivity contribution in [1.29, 1.82) is 0 Å². The van der Waals surface area contributed by atoms with Gasteiger partial charge in [0.25, 0.3) is 5.91 Å². The highest BCUT2D eigenvalue weighted by Crippen LogP contribution is 2.22. The number of ether oxygens (including phenoxy) is 1. The standard InChI is InChI=1S/C18H24N6O2/c1-12-14-5-2-6-15(14)21-17(20-12)7-8-19-18(25)16-11-24(23-22-16)10-13-4-3-9-26-13/h11,13H,2-10H2,1H3,(H,19,25). The Balaban J connectivity index is 1.29. The van der Waals surface area contributed by atoms with Gasteiger partial charge in [-0.05, 0) is 44.6 Å². The van der Waals surface area contributed by atoms with Gasteiger partial charge in [0, 0.05) is 31.0 Å².